The standard InChI is InChI=1S/C24H28ClNO3/c1-15-8-18(11-26-12-20(13-26)24(27)28)9-16(2)23(15)29-14-17-6-7-21(22(25)10-17)19-4-3-5-19/h6-10,19-20H,3-5,11-14H2,1-2H3,(H,27,28). The topological polar surface area (TPSA) is 49.8 Å². The highest BCUT2D eigenvalue weighted by Gasteiger charge is 2.32. The van der Waals surface area contributed by atoms with E-state index in [2.05, 4.69) is 43.0 Å². The lowest BCUT2D eigenvalue weighted by Crippen LogP contribution is -2.49. The van der Waals surface area contributed by atoms with Crippen LogP contribution in [0.4, 0.5) is 0 Å². The molecule has 2 aromatic rings. The first kappa shape index (κ1) is 20.2. The highest BCUT2D eigenvalue weighted by Crippen LogP contribution is 2.40. The van der Waals surface area contributed by atoms with E-state index < -0.39 is 5.97 Å². The number of carboxylic acid groups (broad SMARTS) is 1. The van der Waals surface area contributed by atoms with E-state index in [4.69, 9.17) is 21.4 Å². The summed E-state index contributed by atoms with van der Waals surface area (Å²) < 4.78 is 6.15. The maximum Gasteiger partial charge on any atom is 0.309 e. The normalized spacial score (nSPS) is 17.6. The molecule has 2 aromatic carbocycles. The molecule has 0 aromatic heterocycles. The zero-order chi connectivity index (χ0) is 20.5. The molecule has 0 atom stereocenters. The van der Waals surface area contributed by atoms with Gasteiger partial charge in [-0.3, -0.25) is 9.69 Å². The van der Waals surface area contributed by atoms with Crippen LogP contribution >= 0.6 is 11.6 Å². The SMILES string of the molecule is Cc1cc(CN2CC(C(=O)O)C2)cc(C)c1OCc1ccc(C2CCC2)c(Cl)c1. The zero-order valence-electron chi connectivity index (χ0n) is 17.1. The van der Waals surface area contributed by atoms with E-state index in [0.29, 0.717) is 25.6 Å². The Kier molecular flexibility index (Phi) is 5.84. The van der Waals surface area contributed by atoms with Gasteiger partial charge in [-0.15, -0.1) is 0 Å². The van der Waals surface area contributed by atoms with Crippen LogP contribution in [-0.4, -0.2) is 29.1 Å². The third-order valence-electron chi connectivity index (χ3n) is 6.23. The van der Waals surface area contributed by atoms with Gasteiger partial charge in [-0.1, -0.05) is 42.3 Å². The molecular weight excluding hydrogens is 386 g/mol. The van der Waals surface area contributed by atoms with E-state index in [0.717, 1.165) is 34.0 Å². The first-order valence-corrected chi connectivity index (χ1v) is 10.7. The predicted octanol–water partition coefficient (Wildman–Crippen LogP) is 5.32. The number of hydrogen-bond donors (Lipinski definition) is 1. The van der Waals surface area contributed by atoms with Crippen LogP contribution in [0.15, 0.2) is 30.3 Å². The Morgan fingerprint density at radius 2 is 1.83 bits per heavy atom. The number of nitrogens with zero attached hydrogens (tertiary/aromatic N) is 1. The van der Waals surface area contributed by atoms with Crippen molar-refractivity contribution >= 4 is 17.6 Å². The number of carboxylic acids is 1. The van der Waals surface area contributed by atoms with Gasteiger partial charge in [0.2, 0.25) is 0 Å². The van der Waals surface area contributed by atoms with Gasteiger partial charge in [0.1, 0.15) is 12.4 Å². The van der Waals surface area contributed by atoms with Crippen molar-refractivity contribution in [1.29, 1.82) is 0 Å². The Labute approximate surface area is 177 Å². The van der Waals surface area contributed by atoms with E-state index in [9.17, 15) is 4.79 Å². The molecule has 1 heterocycles. The fourth-order valence-electron chi connectivity index (χ4n) is 4.34. The van der Waals surface area contributed by atoms with Gasteiger partial charge in [0.15, 0.2) is 0 Å². The molecule has 1 saturated heterocycles. The first-order valence-electron chi connectivity index (χ1n) is 10.4. The number of aryl methyl sites for hydroxylation is 2. The lowest BCUT2D eigenvalue weighted by molar-refractivity contribution is -0.147. The van der Waals surface area contributed by atoms with Crippen LogP contribution in [0.25, 0.3) is 0 Å². The van der Waals surface area contributed by atoms with Crippen LogP contribution in [0.5, 0.6) is 5.75 Å². The molecule has 4 nitrogen and oxygen atoms in total. The third kappa shape index (κ3) is 4.44. The number of aliphatic carboxylic acids is 1. The molecule has 4 rings (SSSR count). The second-order valence-electron chi connectivity index (χ2n) is 8.56. The second-order valence-corrected chi connectivity index (χ2v) is 8.97. The molecule has 1 N–H and O–H groups in total. The summed E-state index contributed by atoms with van der Waals surface area (Å²) in [6.07, 6.45) is 3.79. The van der Waals surface area contributed by atoms with Crippen molar-refractivity contribution in [2.75, 3.05) is 13.1 Å². The van der Waals surface area contributed by atoms with Gasteiger partial charge < -0.3 is 9.84 Å². The number of carbonyl (C=O) groups is 1. The molecule has 0 unspecified atom stereocenters. The van der Waals surface area contributed by atoms with Crippen molar-refractivity contribution < 1.29 is 14.6 Å². The van der Waals surface area contributed by atoms with E-state index in [1.807, 2.05) is 6.07 Å². The minimum absolute atomic E-state index is 0.220. The van der Waals surface area contributed by atoms with Gasteiger partial charge in [-0.05, 0) is 66.5 Å². The maximum absolute atomic E-state index is 11.0. The molecular formula is C24H28ClNO3. The number of rotatable bonds is 7. The predicted molar refractivity (Wildman–Crippen MR) is 115 cm³/mol. The van der Waals surface area contributed by atoms with Crippen molar-refractivity contribution in [3.05, 3.63) is 63.2 Å². The lowest BCUT2D eigenvalue weighted by Gasteiger charge is -2.36. The molecule has 2 fully saturated rings. The number of halogens is 1. The summed E-state index contributed by atoms with van der Waals surface area (Å²) in [7, 11) is 0. The first-order chi connectivity index (χ1) is 13.9. The maximum atomic E-state index is 11.0. The fraction of sp³-hybridized carbons (Fsp3) is 0.458. The van der Waals surface area contributed by atoms with Gasteiger partial charge in [0.25, 0.3) is 0 Å². The fourth-order valence-corrected chi connectivity index (χ4v) is 4.70. The summed E-state index contributed by atoms with van der Waals surface area (Å²) in [6, 6.07) is 10.6. The molecule has 5 heteroatoms. The van der Waals surface area contributed by atoms with Crippen LogP contribution in [-0.2, 0) is 17.9 Å². The molecule has 154 valence electrons. The number of ether oxygens (including phenoxy) is 1. The third-order valence-corrected chi connectivity index (χ3v) is 6.55. The molecule has 0 radical (unpaired) electrons. The Morgan fingerprint density at radius 1 is 1.14 bits per heavy atom. The van der Waals surface area contributed by atoms with Gasteiger partial charge in [0.05, 0.1) is 5.92 Å². The summed E-state index contributed by atoms with van der Waals surface area (Å²) in [6.45, 7) is 6.66. The smallest absolute Gasteiger partial charge is 0.309 e. The molecule has 0 bridgehead atoms. The van der Waals surface area contributed by atoms with Crippen molar-refractivity contribution in [2.45, 2.75) is 52.2 Å². The van der Waals surface area contributed by atoms with Gasteiger partial charge >= 0.3 is 5.97 Å². The van der Waals surface area contributed by atoms with Crippen LogP contribution < -0.4 is 4.74 Å². The number of benzene rings is 2. The monoisotopic (exact) mass is 413 g/mol. The van der Waals surface area contributed by atoms with Crippen LogP contribution in [0.2, 0.25) is 5.02 Å². The Bertz CT molecular complexity index is 893. The van der Waals surface area contributed by atoms with E-state index in [-0.39, 0.29) is 5.92 Å². The highest BCUT2D eigenvalue weighted by atomic mass is 35.5. The summed E-state index contributed by atoms with van der Waals surface area (Å²) in [5.74, 6) is 0.632. The largest absolute Gasteiger partial charge is 0.488 e. The van der Waals surface area contributed by atoms with Gasteiger partial charge in [-0.25, -0.2) is 0 Å². The summed E-state index contributed by atoms with van der Waals surface area (Å²) >= 11 is 6.50. The Balaban J connectivity index is 1.37. The molecule has 0 amide bonds. The van der Waals surface area contributed by atoms with Crippen molar-refractivity contribution in [2.24, 2.45) is 5.92 Å². The summed E-state index contributed by atoms with van der Waals surface area (Å²) in [4.78, 5) is 13.1. The molecule has 1 aliphatic carbocycles. The average molecular weight is 414 g/mol. The quantitative estimate of drug-likeness (QED) is 0.667. The van der Waals surface area contributed by atoms with Crippen LogP contribution in [0, 0.1) is 19.8 Å². The van der Waals surface area contributed by atoms with Crippen molar-refractivity contribution in [3.63, 3.8) is 0 Å². The zero-order valence-corrected chi connectivity index (χ0v) is 17.8. The number of hydrogen-bond acceptors (Lipinski definition) is 3. The average Bonchev–Trinajstić information content (AvgIpc) is 2.57. The van der Waals surface area contributed by atoms with E-state index in [1.165, 1.54) is 30.4 Å². The van der Waals surface area contributed by atoms with E-state index in [1.54, 1.807) is 0 Å². The minimum atomic E-state index is -0.696. The molecule has 1 saturated carbocycles. The summed E-state index contributed by atoms with van der Waals surface area (Å²) in [5.41, 5.74) is 5.76. The Morgan fingerprint density at radius 3 is 2.38 bits per heavy atom. The van der Waals surface area contributed by atoms with E-state index >= 15 is 0 Å². The molecule has 1 aliphatic heterocycles. The molecule has 29 heavy (non-hydrogen) atoms. The molecule has 0 spiro atoms. The lowest BCUT2D eigenvalue weighted by atomic mass is 9.80. The van der Waals surface area contributed by atoms with Crippen molar-refractivity contribution in [3.8, 4) is 5.75 Å². The Hall–Kier alpha value is -2.04. The molecule has 2 aliphatic rings. The van der Waals surface area contributed by atoms with Crippen molar-refractivity contribution in [1.82, 2.24) is 4.90 Å². The van der Waals surface area contributed by atoms with Gasteiger partial charge in [0, 0.05) is 24.7 Å². The minimum Gasteiger partial charge on any atom is -0.488 e. The summed E-state index contributed by atoms with van der Waals surface area (Å²) in [5, 5.41) is 9.87. The highest BCUT2D eigenvalue weighted by molar-refractivity contribution is 6.31. The van der Waals surface area contributed by atoms with Crippen LogP contribution in [0.3, 0.4) is 0 Å². The van der Waals surface area contributed by atoms with Gasteiger partial charge in [-0.2, -0.15) is 0 Å². The second kappa shape index (κ2) is 8.37. The number of likely N-dealkylation sites (tertiary alicyclic amines) is 1. The van der Waals surface area contributed by atoms with Crippen LogP contribution in [0.1, 0.15) is 53.0 Å².